The van der Waals surface area contributed by atoms with Crippen molar-refractivity contribution >= 4 is 11.8 Å². The minimum atomic E-state index is -0.973. The first kappa shape index (κ1) is 32.2. The summed E-state index contributed by atoms with van der Waals surface area (Å²) in [5.74, 6) is -0.568. The molecule has 43 heavy (non-hydrogen) atoms. The molecule has 7 nitrogen and oxygen atoms in total. The number of hydrogen-bond acceptors (Lipinski definition) is 5. The highest BCUT2D eigenvalue weighted by atomic mass is 19.1. The van der Waals surface area contributed by atoms with Crippen LogP contribution in [0.1, 0.15) is 76.1 Å². The van der Waals surface area contributed by atoms with Gasteiger partial charge in [0.2, 0.25) is 0 Å². The number of amides is 2. The molecule has 230 valence electrons. The Balaban J connectivity index is 1.61. The van der Waals surface area contributed by atoms with Gasteiger partial charge in [-0.05, 0) is 91.6 Å². The molecule has 0 aromatic heterocycles. The molecule has 3 aromatic rings. The monoisotopic (exact) mass is 589 g/mol. The molecule has 0 spiro atoms. The summed E-state index contributed by atoms with van der Waals surface area (Å²) in [5, 5.41) is 17.6. The van der Waals surface area contributed by atoms with Crippen molar-refractivity contribution < 1.29 is 23.8 Å². The van der Waals surface area contributed by atoms with Crippen molar-refractivity contribution in [2.75, 3.05) is 26.2 Å². The minimum Gasteiger partial charge on any atom is -0.493 e. The third-order valence-corrected chi connectivity index (χ3v) is 7.71. The van der Waals surface area contributed by atoms with E-state index in [1.165, 1.54) is 17.7 Å². The van der Waals surface area contributed by atoms with E-state index in [4.69, 9.17) is 4.74 Å². The molecule has 3 N–H and O–H groups in total. The van der Waals surface area contributed by atoms with Crippen molar-refractivity contribution in [3.8, 4) is 5.75 Å². The van der Waals surface area contributed by atoms with Gasteiger partial charge in [0.1, 0.15) is 11.6 Å². The Bertz CT molecular complexity index is 1400. The van der Waals surface area contributed by atoms with Gasteiger partial charge in [0, 0.05) is 43.4 Å². The Labute approximate surface area is 254 Å². The number of nitrogens with one attached hydrogen (secondary N) is 2. The molecule has 2 unspecified atom stereocenters. The highest BCUT2D eigenvalue weighted by molar-refractivity contribution is 6.00. The van der Waals surface area contributed by atoms with Gasteiger partial charge in [-0.25, -0.2) is 4.39 Å². The zero-order chi connectivity index (χ0) is 30.8. The average molecular weight is 590 g/mol. The van der Waals surface area contributed by atoms with E-state index in [1.807, 2.05) is 30.9 Å². The number of carbonyl (C=O) groups excluding carboxylic acids is 2. The lowest BCUT2D eigenvalue weighted by Crippen LogP contribution is -2.48. The minimum absolute atomic E-state index is 0.119. The highest BCUT2D eigenvalue weighted by Crippen LogP contribution is 2.20. The zero-order valence-electron chi connectivity index (χ0n) is 25.5. The number of aryl methyl sites for hydroxylation is 2. The summed E-state index contributed by atoms with van der Waals surface area (Å²) < 4.78 is 20.5. The molecule has 0 saturated heterocycles. The van der Waals surface area contributed by atoms with Crippen LogP contribution in [0.15, 0.2) is 60.7 Å². The van der Waals surface area contributed by atoms with E-state index in [9.17, 15) is 19.1 Å². The van der Waals surface area contributed by atoms with Gasteiger partial charge >= 0.3 is 0 Å². The summed E-state index contributed by atoms with van der Waals surface area (Å²) in [6, 6.07) is 17.2. The van der Waals surface area contributed by atoms with E-state index >= 15 is 0 Å². The van der Waals surface area contributed by atoms with Crippen LogP contribution in [0.3, 0.4) is 0 Å². The smallest absolute Gasteiger partial charge is 0.253 e. The summed E-state index contributed by atoms with van der Waals surface area (Å²) in [6.45, 7) is 8.31. The van der Waals surface area contributed by atoms with Gasteiger partial charge in [0.15, 0.2) is 0 Å². The molecule has 2 atom stereocenters. The fourth-order valence-electron chi connectivity index (χ4n) is 5.48. The maximum atomic E-state index is 14.6. The number of benzene rings is 3. The SMILES string of the molecule is CCCN1CCCCOc2cc(F)cc(c2)CC(C(O)CNCc2cccc(CC)c2)NC(=O)c2cc(C)cc(c2)C1=O. The van der Waals surface area contributed by atoms with Crippen molar-refractivity contribution in [1.29, 1.82) is 0 Å². The molecule has 4 rings (SSSR count). The van der Waals surface area contributed by atoms with Gasteiger partial charge in [-0.2, -0.15) is 0 Å². The fraction of sp³-hybridized carbons (Fsp3) is 0.429. The summed E-state index contributed by atoms with van der Waals surface area (Å²) >= 11 is 0. The average Bonchev–Trinajstić information content (AvgIpc) is 2.98. The van der Waals surface area contributed by atoms with Gasteiger partial charge in [0.05, 0.1) is 18.8 Å². The highest BCUT2D eigenvalue weighted by Gasteiger charge is 2.25. The molecule has 1 heterocycles. The maximum Gasteiger partial charge on any atom is 0.253 e. The third kappa shape index (κ3) is 9.37. The van der Waals surface area contributed by atoms with Crippen LogP contribution in [-0.2, 0) is 19.4 Å². The largest absolute Gasteiger partial charge is 0.493 e. The Morgan fingerprint density at radius 1 is 1.05 bits per heavy atom. The lowest BCUT2D eigenvalue weighted by molar-refractivity contribution is 0.0750. The van der Waals surface area contributed by atoms with Crippen LogP contribution in [0.2, 0.25) is 0 Å². The molecular weight excluding hydrogens is 545 g/mol. The number of aliphatic hydroxyl groups is 1. The first-order valence-corrected chi connectivity index (χ1v) is 15.4. The Morgan fingerprint density at radius 2 is 1.84 bits per heavy atom. The number of fused-ring (bicyclic) bond motifs is 4. The van der Waals surface area contributed by atoms with Gasteiger partial charge < -0.3 is 25.4 Å². The van der Waals surface area contributed by atoms with Gasteiger partial charge in [0.25, 0.3) is 11.8 Å². The topological polar surface area (TPSA) is 90.9 Å². The van der Waals surface area contributed by atoms with Crippen LogP contribution in [0.4, 0.5) is 4.39 Å². The molecule has 3 aromatic carbocycles. The lowest BCUT2D eigenvalue weighted by Gasteiger charge is -2.25. The number of rotatable bonds is 8. The van der Waals surface area contributed by atoms with E-state index in [1.54, 1.807) is 24.3 Å². The number of hydrogen-bond donors (Lipinski definition) is 3. The van der Waals surface area contributed by atoms with Crippen LogP contribution in [0.25, 0.3) is 0 Å². The second-order valence-corrected chi connectivity index (χ2v) is 11.4. The fourth-order valence-corrected chi connectivity index (χ4v) is 5.48. The third-order valence-electron chi connectivity index (χ3n) is 7.71. The first-order chi connectivity index (χ1) is 20.7. The van der Waals surface area contributed by atoms with Crippen LogP contribution in [-0.4, -0.2) is 60.2 Å². The molecule has 2 amide bonds. The van der Waals surface area contributed by atoms with E-state index in [2.05, 4.69) is 29.7 Å². The molecule has 1 aliphatic rings. The van der Waals surface area contributed by atoms with Crippen LogP contribution >= 0.6 is 0 Å². The van der Waals surface area contributed by atoms with Crippen LogP contribution in [0, 0.1) is 12.7 Å². The quantitative estimate of drug-likeness (QED) is 0.336. The number of ether oxygens (including phenoxy) is 1. The van der Waals surface area contributed by atoms with Gasteiger partial charge in [-0.1, -0.05) is 38.1 Å². The Kier molecular flexibility index (Phi) is 11.7. The van der Waals surface area contributed by atoms with Crippen LogP contribution < -0.4 is 15.4 Å². The second-order valence-electron chi connectivity index (χ2n) is 11.4. The number of nitrogens with zero attached hydrogens (tertiary/aromatic N) is 1. The van der Waals surface area contributed by atoms with E-state index in [0.29, 0.717) is 55.1 Å². The molecule has 8 heteroatoms. The molecule has 0 saturated carbocycles. The maximum absolute atomic E-state index is 14.6. The number of halogens is 1. The van der Waals surface area contributed by atoms with Crippen molar-refractivity contribution in [1.82, 2.24) is 15.5 Å². The molecule has 0 aliphatic carbocycles. The molecule has 1 aliphatic heterocycles. The van der Waals surface area contributed by atoms with Crippen molar-refractivity contribution in [2.24, 2.45) is 0 Å². The van der Waals surface area contributed by atoms with Crippen LogP contribution in [0.5, 0.6) is 5.75 Å². The Hall–Kier alpha value is -3.75. The van der Waals surface area contributed by atoms with E-state index in [-0.39, 0.29) is 18.9 Å². The van der Waals surface area contributed by atoms with Crippen molar-refractivity contribution in [2.45, 2.75) is 71.6 Å². The normalized spacial score (nSPS) is 17.1. The zero-order valence-corrected chi connectivity index (χ0v) is 25.5. The summed E-state index contributed by atoms with van der Waals surface area (Å²) in [6.07, 6.45) is 2.40. The standard InChI is InChI=1S/C35H44FN3O4/c1-4-11-39-12-6-7-13-43-31-18-27(17-30(36)21-31)19-32(33(40)23-37-22-26-10-8-9-25(5-2)16-26)38-34(41)28-14-24(3)15-29(20-28)35(39)42/h8-10,14-18,20-21,32-33,37,40H,4-7,11-13,19,22-23H2,1-3H3,(H,38,41). The van der Waals surface area contributed by atoms with E-state index < -0.39 is 23.9 Å². The molecule has 4 bridgehead atoms. The lowest BCUT2D eigenvalue weighted by atomic mass is 9.99. The number of aliphatic hydroxyl groups excluding tert-OH is 1. The van der Waals surface area contributed by atoms with Crippen molar-refractivity contribution in [3.63, 3.8) is 0 Å². The predicted octanol–water partition coefficient (Wildman–Crippen LogP) is 5.21. The summed E-state index contributed by atoms with van der Waals surface area (Å²) in [4.78, 5) is 28.9. The second kappa shape index (κ2) is 15.6. The first-order valence-electron chi connectivity index (χ1n) is 15.4. The van der Waals surface area contributed by atoms with Gasteiger partial charge in [-0.15, -0.1) is 0 Å². The summed E-state index contributed by atoms with van der Waals surface area (Å²) in [5.41, 5.74) is 4.54. The molecule has 0 fully saturated rings. The Morgan fingerprint density at radius 3 is 2.63 bits per heavy atom. The van der Waals surface area contributed by atoms with Crippen molar-refractivity contribution in [3.05, 3.63) is 99.9 Å². The predicted molar refractivity (Wildman–Crippen MR) is 167 cm³/mol. The molecule has 0 radical (unpaired) electrons. The molecular formula is C35H44FN3O4. The number of carbonyl (C=O) groups is 2. The van der Waals surface area contributed by atoms with Gasteiger partial charge in [-0.3, -0.25) is 9.59 Å². The van der Waals surface area contributed by atoms with E-state index in [0.717, 1.165) is 30.4 Å². The summed E-state index contributed by atoms with van der Waals surface area (Å²) in [7, 11) is 0.